The van der Waals surface area contributed by atoms with Gasteiger partial charge in [0.15, 0.2) is 17.2 Å². The first-order chi connectivity index (χ1) is 29.9. The standard InChI is InChI=1S/C16H12FN5O.C14H9FIN5.C4H7O.3C4H9.Sn/c1-11(23)15-6-12(17)2-3-16(15)22-14(4-5-20-22)9-21-8-13(7-18)19-10-21;15-10-1-2-14(13(16)5-10)21-12(3-4-19-21)8-20-7-11(6-17)18-9-20;1-3-5-4-2;3*1-3-4-2;/h2-6,8,10H,9H2,1H3;1-5,7,9H,8H2;1,4H2,2H3;3*1,3-4H2,2H3;. The van der Waals surface area contributed by atoms with Crippen molar-refractivity contribution >= 4 is 46.8 Å². The van der Waals surface area contributed by atoms with Gasteiger partial charge in [0, 0.05) is 33.9 Å². The minimum Gasteiger partial charge on any atom is -0.330 e. The second-order valence-electron chi connectivity index (χ2n) is 14.8. The number of ether oxygens (including phenoxy) is 1. The van der Waals surface area contributed by atoms with E-state index >= 15 is 0 Å². The number of Topliss-reactive ketones (excluding diaryl/α,β-unsaturated/α-hetero) is 1. The largest absolute Gasteiger partial charge is 0.330 e. The molecule has 12 nitrogen and oxygen atoms in total. The molecule has 4 aromatic heterocycles. The number of hydrogen-bond donors (Lipinski definition) is 0. The van der Waals surface area contributed by atoms with Gasteiger partial charge in [0.2, 0.25) is 0 Å². The zero-order valence-electron chi connectivity index (χ0n) is 36.2. The van der Waals surface area contributed by atoms with E-state index in [-0.39, 0.29) is 17.2 Å². The quantitative estimate of drug-likeness (QED) is 0.0337. The third-order valence-electron chi connectivity index (χ3n) is 10.3. The van der Waals surface area contributed by atoms with Crippen LogP contribution in [-0.2, 0) is 17.8 Å². The number of nitriles is 2. The summed E-state index contributed by atoms with van der Waals surface area (Å²) in [5.74, 6) is -0.985. The number of nitrogens with zero attached hydrogens (tertiary/aromatic N) is 10. The maximum absolute atomic E-state index is 13.4. The van der Waals surface area contributed by atoms with Crippen LogP contribution < -0.4 is 0 Å². The summed E-state index contributed by atoms with van der Waals surface area (Å²) in [7, 11) is 0. The Morgan fingerprint density at radius 3 is 1.65 bits per heavy atom. The summed E-state index contributed by atoms with van der Waals surface area (Å²) in [6.07, 6.45) is 17.8. The van der Waals surface area contributed by atoms with Gasteiger partial charge >= 0.3 is 120 Å². The number of ketones is 1. The van der Waals surface area contributed by atoms with E-state index in [0.717, 1.165) is 27.3 Å². The minimum atomic E-state index is -2.24. The first-order valence-corrected chi connectivity index (χ1v) is 29.5. The van der Waals surface area contributed by atoms with E-state index in [1.165, 1.54) is 92.9 Å². The molecule has 62 heavy (non-hydrogen) atoms. The average Bonchev–Trinajstić information content (AvgIpc) is 4.11. The number of unbranched alkanes of at least 4 members (excludes halogenated alkanes) is 3. The molecule has 0 saturated carbocycles. The Labute approximate surface area is 381 Å². The van der Waals surface area contributed by atoms with Crippen LogP contribution in [0.25, 0.3) is 11.4 Å². The molecule has 0 spiro atoms. The van der Waals surface area contributed by atoms with Crippen LogP contribution >= 0.6 is 22.6 Å². The van der Waals surface area contributed by atoms with Gasteiger partial charge < -0.3 is 9.13 Å². The van der Waals surface area contributed by atoms with E-state index in [1.807, 2.05) is 22.8 Å². The van der Waals surface area contributed by atoms with Crippen LogP contribution in [0.4, 0.5) is 8.78 Å². The first kappa shape index (κ1) is 49.5. The maximum atomic E-state index is 13.4. The number of carbonyl (C=O) groups is 1. The van der Waals surface area contributed by atoms with E-state index in [2.05, 4.69) is 77.0 Å². The average molecular weight is 1060 g/mol. The normalized spacial score (nSPS) is 10.8. The summed E-state index contributed by atoms with van der Waals surface area (Å²) in [6.45, 7) is 16.5. The van der Waals surface area contributed by atoms with Crippen molar-refractivity contribution in [2.24, 2.45) is 0 Å². The van der Waals surface area contributed by atoms with Crippen molar-refractivity contribution in [2.75, 3.05) is 6.61 Å². The molecule has 4 heterocycles. The fraction of sp³-hybridized carbons (Fsp3) is 0.370. The molecule has 0 amide bonds. The van der Waals surface area contributed by atoms with Gasteiger partial charge in [-0.05, 0) is 78.0 Å². The number of carbonyl (C=O) groups excluding carboxylic acids is 1. The predicted molar refractivity (Wildman–Crippen MR) is 248 cm³/mol. The Morgan fingerprint density at radius 1 is 0.758 bits per heavy atom. The van der Waals surface area contributed by atoms with Crippen molar-refractivity contribution in [3.8, 4) is 23.5 Å². The Morgan fingerprint density at radius 2 is 1.23 bits per heavy atom. The van der Waals surface area contributed by atoms with Crippen LogP contribution in [0.5, 0.6) is 0 Å². The molecule has 2 aromatic carbocycles. The molecule has 0 aliphatic heterocycles. The van der Waals surface area contributed by atoms with E-state index in [9.17, 15) is 13.6 Å². The molecule has 0 saturated heterocycles. The number of hydrogen-bond acceptors (Lipinski definition) is 8. The van der Waals surface area contributed by atoms with Crippen LogP contribution in [0.1, 0.15) is 106 Å². The summed E-state index contributed by atoms with van der Waals surface area (Å²) < 4.78 is 45.8. The SMILES string of the molecule is C=[C](OCC)[Sn]([CH2]CCC)([CH2]CCC)[CH2]CCC.CC(=O)c1cc(F)ccc1-n1nccc1Cn1cnc(C#N)c1.N#Cc1cn(Cc2ccnn2-c2ccc(F)cc2I)cn1. The third-order valence-corrected chi connectivity index (χ3v) is 26.1. The third kappa shape index (κ3) is 13.9. The van der Waals surface area contributed by atoms with Crippen molar-refractivity contribution in [3.05, 3.63) is 140 Å². The van der Waals surface area contributed by atoms with Crippen LogP contribution in [0.3, 0.4) is 0 Å². The molecule has 0 radical (unpaired) electrons. The molecule has 0 bridgehead atoms. The van der Waals surface area contributed by atoms with Gasteiger partial charge in [0.1, 0.15) is 23.8 Å². The summed E-state index contributed by atoms with van der Waals surface area (Å²) in [5.41, 5.74) is 3.98. The van der Waals surface area contributed by atoms with Crippen molar-refractivity contribution < 1.29 is 18.3 Å². The second kappa shape index (κ2) is 25.1. The zero-order valence-corrected chi connectivity index (χ0v) is 41.2. The maximum Gasteiger partial charge on any atom is 0.162 e. The molecule has 0 atom stereocenters. The summed E-state index contributed by atoms with van der Waals surface area (Å²) in [6, 6.07) is 16.2. The smallest absolute Gasteiger partial charge is 0.162 e. The van der Waals surface area contributed by atoms with Gasteiger partial charge in [-0.25, -0.2) is 28.1 Å². The predicted octanol–water partition coefficient (Wildman–Crippen LogP) is 11.0. The van der Waals surface area contributed by atoms with Crippen molar-refractivity contribution in [1.29, 1.82) is 10.5 Å². The summed E-state index contributed by atoms with van der Waals surface area (Å²) in [5, 5.41) is 26.1. The molecule has 326 valence electrons. The Balaban J connectivity index is 0.000000206. The Bertz CT molecular complexity index is 2440. The van der Waals surface area contributed by atoms with Crippen molar-refractivity contribution in [3.63, 3.8) is 0 Å². The number of imidazole rings is 2. The second-order valence-corrected chi connectivity index (χ2v) is 29.2. The van der Waals surface area contributed by atoms with Gasteiger partial charge in [0.05, 0.1) is 48.5 Å². The number of aromatic nitrogens is 8. The van der Waals surface area contributed by atoms with Crippen LogP contribution in [0.15, 0.2) is 96.3 Å². The molecule has 0 N–H and O–H groups in total. The Hall–Kier alpha value is -5.14. The zero-order chi connectivity index (χ0) is 45.1. The molecule has 0 aliphatic rings. The van der Waals surface area contributed by atoms with Crippen LogP contribution in [0.2, 0.25) is 13.3 Å². The topological polar surface area (TPSA) is 145 Å². The van der Waals surface area contributed by atoms with Gasteiger partial charge in [-0.2, -0.15) is 20.7 Å². The molecule has 6 aromatic rings. The van der Waals surface area contributed by atoms with Gasteiger partial charge in [-0.15, -0.1) is 0 Å². The Kier molecular flexibility index (Phi) is 20.0. The fourth-order valence-corrected chi connectivity index (χ4v) is 22.4. The van der Waals surface area contributed by atoms with E-state index in [4.69, 9.17) is 15.3 Å². The molecule has 0 unspecified atom stereocenters. The molecule has 0 fully saturated rings. The molecule has 0 aliphatic carbocycles. The van der Waals surface area contributed by atoms with Crippen LogP contribution in [0, 0.1) is 37.9 Å². The van der Waals surface area contributed by atoms with Gasteiger partial charge in [-0.1, -0.05) is 0 Å². The fourth-order valence-electron chi connectivity index (χ4n) is 7.01. The minimum absolute atomic E-state index is 0.240. The first-order valence-electron chi connectivity index (χ1n) is 20.9. The van der Waals surface area contributed by atoms with Crippen LogP contribution in [-0.4, -0.2) is 69.4 Å². The molecular formula is C46H55F2IN10O2Sn. The molecule has 16 heteroatoms. The number of halogens is 3. The van der Waals surface area contributed by atoms with E-state index < -0.39 is 24.2 Å². The van der Waals surface area contributed by atoms with Crippen molar-refractivity contribution in [1.82, 2.24) is 38.7 Å². The van der Waals surface area contributed by atoms with Crippen molar-refractivity contribution in [2.45, 2.75) is 99.5 Å². The molecular weight excluding hydrogens is 1010 g/mol. The van der Waals surface area contributed by atoms with Gasteiger partial charge in [-0.3, -0.25) is 4.79 Å². The number of benzene rings is 2. The van der Waals surface area contributed by atoms with E-state index in [0.29, 0.717) is 30.2 Å². The monoisotopic (exact) mass is 1060 g/mol. The summed E-state index contributed by atoms with van der Waals surface area (Å²) in [4.78, 5) is 19.7. The number of rotatable bonds is 19. The van der Waals surface area contributed by atoms with Gasteiger partial charge in [0.25, 0.3) is 0 Å². The summed E-state index contributed by atoms with van der Waals surface area (Å²) >= 11 is -0.161. The van der Waals surface area contributed by atoms with E-state index in [1.54, 1.807) is 63.5 Å². The molecule has 6 rings (SSSR count).